The van der Waals surface area contributed by atoms with Crippen LogP contribution in [-0.4, -0.2) is 57.5 Å². The number of carbonyl (C=O) groups excluding carboxylic acids is 2. The van der Waals surface area contributed by atoms with Gasteiger partial charge in [0.1, 0.15) is 29.9 Å². The maximum Gasteiger partial charge on any atom is 0.264 e. The minimum absolute atomic E-state index is 0.0198. The SMILES string of the molecule is CCC(C(=O)NC(C)(C)C)N(Cc1cccc(OC)c1)C(=O)CN(c1ccc(F)cc1)S(=O)(=O)c1ccc(OC)cc1. The Hall–Kier alpha value is -4.12. The molecule has 3 rings (SSSR count). The van der Waals surface area contributed by atoms with Gasteiger partial charge in [0.25, 0.3) is 10.0 Å². The average molecular weight is 600 g/mol. The van der Waals surface area contributed by atoms with Crippen molar-refractivity contribution in [3.63, 3.8) is 0 Å². The second-order valence-electron chi connectivity index (χ2n) is 10.7. The number of amides is 2. The summed E-state index contributed by atoms with van der Waals surface area (Å²) in [5.41, 5.74) is 0.220. The minimum Gasteiger partial charge on any atom is -0.497 e. The molecule has 226 valence electrons. The molecular weight excluding hydrogens is 561 g/mol. The Morgan fingerprint density at radius 2 is 1.55 bits per heavy atom. The topological polar surface area (TPSA) is 105 Å². The van der Waals surface area contributed by atoms with Crippen molar-refractivity contribution in [3.8, 4) is 11.5 Å². The number of sulfonamides is 1. The zero-order valence-corrected chi connectivity index (χ0v) is 25.6. The number of rotatable bonds is 12. The molecule has 3 aromatic carbocycles. The van der Waals surface area contributed by atoms with Crippen LogP contribution in [0, 0.1) is 5.82 Å². The van der Waals surface area contributed by atoms with Crippen LogP contribution in [0.15, 0.2) is 77.7 Å². The predicted molar refractivity (Wildman–Crippen MR) is 159 cm³/mol. The molecule has 1 N–H and O–H groups in total. The van der Waals surface area contributed by atoms with Crippen LogP contribution in [0.25, 0.3) is 0 Å². The second kappa shape index (κ2) is 13.7. The smallest absolute Gasteiger partial charge is 0.264 e. The van der Waals surface area contributed by atoms with Crippen molar-refractivity contribution < 1.29 is 31.9 Å². The van der Waals surface area contributed by atoms with E-state index in [4.69, 9.17) is 9.47 Å². The Bertz CT molecular complexity index is 1470. The molecule has 0 spiro atoms. The van der Waals surface area contributed by atoms with Crippen molar-refractivity contribution in [1.82, 2.24) is 10.2 Å². The number of nitrogens with one attached hydrogen (secondary N) is 1. The first kappa shape index (κ1) is 32.4. The third-order valence-corrected chi connectivity index (χ3v) is 8.20. The van der Waals surface area contributed by atoms with Gasteiger partial charge in [-0.3, -0.25) is 13.9 Å². The van der Waals surface area contributed by atoms with Crippen LogP contribution in [0.5, 0.6) is 11.5 Å². The fraction of sp³-hybridized carbons (Fsp3) is 0.355. The minimum atomic E-state index is -4.30. The molecule has 0 aliphatic rings. The Balaban J connectivity index is 2.08. The van der Waals surface area contributed by atoms with Crippen LogP contribution in [0.3, 0.4) is 0 Å². The standard InChI is InChI=1S/C31H38FN3O6S/c1-7-28(30(37)33-31(2,3)4)34(20-22-9-8-10-26(19-22)41-6)29(36)21-35(24-13-11-23(32)12-14-24)42(38,39)27-17-15-25(40-5)16-18-27/h8-19,28H,7,20-21H2,1-6H3,(H,33,37). The number of hydrogen-bond acceptors (Lipinski definition) is 6. The van der Waals surface area contributed by atoms with Crippen LogP contribution < -0.4 is 19.1 Å². The Morgan fingerprint density at radius 1 is 0.929 bits per heavy atom. The van der Waals surface area contributed by atoms with E-state index in [1.54, 1.807) is 31.2 Å². The van der Waals surface area contributed by atoms with Gasteiger partial charge in [-0.2, -0.15) is 0 Å². The highest BCUT2D eigenvalue weighted by molar-refractivity contribution is 7.92. The van der Waals surface area contributed by atoms with Crippen molar-refractivity contribution in [2.24, 2.45) is 0 Å². The van der Waals surface area contributed by atoms with E-state index in [1.807, 2.05) is 20.8 Å². The number of nitrogens with zero attached hydrogens (tertiary/aromatic N) is 2. The predicted octanol–water partition coefficient (Wildman–Crippen LogP) is 4.76. The van der Waals surface area contributed by atoms with E-state index in [1.165, 1.54) is 55.5 Å². The van der Waals surface area contributed by atoms with Crippen LogP contribution in [-0.2, 0) is 26.2 Å². The summed E-state index contributed by atoms with van der Waals surface area (Å²) in [6, 6.07) is 16.7. The summed E-state index contributed by atoms with van der Waals surface area (Å²) in [6.45, 7) is 6.68. The highest BCUT2D eigenvalue weighted by atomic mass is 32.2. The van der Waals surface area contributed by atoms with Gasteiger partial charge >= 0.3 is 0 Å². The van der Waals surface area contributed by atoms with Crippen LogP contribution in [0.2, 0.25) is 0 Å². The van der Waals surface area contributed by atoms with Gasteiger partial charge in [0.05, 0.1) is 24.8 Å². The number of ether oxygens (including phenoxy) is 2. The molecule has 3 aromatic rings. The Morgan fingerprint density at radius 3 is 2.10 bits per heavy atom. The number of hydrogen-bond donors (Lipinski definition) is 1. The molecule has 2 amide bonds. The second-order valence-corrected chi connectivity index (χ2v) is 12.6. The number of benzene rings is 3. The van der Waals surface area contributed by atoms with Gasteiger partial charge in [-0.05, 0) is 93.4 Å². The zero-order chi connectivity index (χ0) is 31.1. The molecule has 0 radical (unpaired) electrons. The van der Waals surface area contributed by atoms with E-state index in [-0.39, 0.29) is 29.5 Å². The van der Waals surface area contributed by atoms with Crippen molar-refractivity contribution >= 4 is 27.5 Å². The molecule has 1 atom stereocenters. The maximum atomic E-state index is 14.1. The number of anilines is 1. The first-order valence-corrected chi connectivity index (χ1v) is 14.9. The average Bonchev–Trinajstić information content (AvgIpc) is 2.95. The first-order valence-electron chi connectivity index (χ1n) is 13.5. The van der Waals surface area contributed by atoms with Crippen LogP contribution >= 0.6 is 0 Å². The summed E-state index contributed by atoms with van der Waals surface area (Å²) in [5, 5.41) is 2.93. The summed E-state index contributed by atoms with van der Waals surface area (Å²) >= 11 is 0. The molecule has 9 nitrogen and oxygen atoms in total. The van der Waals surface area contributed by atoms with E-state index >= 15 is 0 Å². The van der Waals surface area contributed by atoms with E-state index < -0.39 is 39.9 Å². The molecule has 1 unspecified atom stereocenters. The normalized spacial score (nSPS) is 12.3. The number of halogens is 1. The summed E-state index contributed by atoms with van der Waals surface area (Å²) in [5.74, 6) is -0.514. The van der Waals surface area contributed by atoms with Crippen LogP contribution in [0.1, 0.15) is 39.7 Å². The van der Waals surface area contributed by atoms with Gasteiger partial charge in [-0.15, -0.1) is 0 Å². The lowest BCUT2D eigenvalue weighted by atomic mass is 10.1. The zero-order valence-electron chi connectivity index (χ0n) is 24.8. The van der Waals surface area contributed by atoms with E-state index in [0.29, 0.717) is 17.1 Å². The van der Waals surface area contributed by atoms with E-state index in [9.17, 15) is 22.4 Å². The highest BCUT2D eigenvalue weighted by Gasteiger charge is 2.34. The molecular formula is C31H38FN3O6S. The molecule has 42 heavy (non-hydrogen) atoms. The summed E-state index contributed by atoms with van der Waals surface area (Å²) in [4.78, 5) is 28.8. The fourth-order valence-corrected chi connectivity index (χ4v) is 5.77. The van der Waals surface area contributed by atoms with Gasteiger partial charge in [0.15, 0.2) is 0 Å². The molecule has 0 fully saturated rings. The fourth-order valence-electron chi connectivity index (χ4n) is 4.35. The summed E-state index contributed by atoms with van der Waals surface area (Å²) in [7, 11) is -1.31. The lowest BCUT2D eigenvalue weighted by molar-refractivity contribution is -0.141. The van der Waals surface area contributed by atoms with Gasteiger partial charge in [-0.25, -0.2) is 12.8 Å². The molecule has 0 aliphatic heterocycles. The summed E-state index contributed by atoms with van der Waals surface area (Å²) < 4.78 is 53.0. The van der Waals surface area contributed by atoms with Gasteiger partial charge < -0.3 is 19.7 Å². The monoisotopic (exact) mass is 599 g/mol. The largest absolute Gasteiger partial charge is 0.497 e. The Labute approximate surface area is 247 Å². The van der Waals surface area contributed by atoms with Crippen molar-refractivity contribution in [1.29, 1.82) is 0 Å². The lowest BCUT2D eigenvalue weighted by Gasteiger charge is -2.34. The first-order chi connectivity index (χ1) is 19.8. The number of carbonyl (C=O) groups is 2. The molecule has 0 heterocycles. The van der Waals surface area contributed by atoms with Crippen molar-refractivity contribution in [2.75, 3.05) is 25.1 Å². The molecule has 0 saturated carbocycles. The van der Waals surface area contributed by atoms with E-state index in [2.05, 4.69) is 5.32 Å². The number of methoxy groups -OCH3 is 2. The lowest BCUT2D eigenvalue weighted by Crippen LogP contribution is -2.55. The van der Waals surface area contributed by atoms with Crippen LogP contribution in [0.4, 0.5) is 10.1 Å². The van der Waals surface area contributed by atoms with Crippen molar-refractivity contribution in [2.45, 2.75) is 57.1 Å². The van der Waals surface area contributed by atoms with Gasteiger partial charge in [0.2, 0.25) is 11.8 Å². The van der Waals surface area contributed by atoms with Crippen molar-refractivity contribution in [3.05, 3.63) is 84.2 Å². The highest BCUT2D eigenvalue weighted by Crippen LogP contribution is 2.27. The van der Waals surface area contributed by atoms with Gasteiger partial charge in [0, 0.05) is 12.1 Å². The molecule has 11 heteroatoms. The third-order valence-electron chi connectivity index (χ3n) is 6.41. The quantitative estimate of drug-likeness (QED) is 0.322. The third kappa shape index (κ3) is 8.22. The molecule has 0 bridgehead atoms. The molecule has 0 aliphatic carbocycles. The summed E-state index contributed by atoms with van der Waals surface area (Å²) in [6.07, 6.45) is 0.277. The van der Waals surface area contributed by atoms with Gasteiger partial charge in [-0.1, -0.05) is 19.1 Å². The Kier molecular flexibility index (Phi) is 10.6. The molecule has 0 aromatic heterocycles. The van der Waals surface area contributed by atoms with E-state index in [0.717, 1.165) is 16.4 Å². The molecule has 0 saturated heterocycles. The maximum absolute atomic E-state index is 14.1.